The lowest BCUT2D eigenvalue weighted by molar-refractivity contribution is 0.0738. The molecule has 3 aromatic rings. The third kappa shape index (κ3) is 3.81. The molecule has 0 radical (unpaired) electrons. The molecule has 6 heteroatoms. The Morgan fingerprint density at radius 3 is 2.57 bits per heavy atom. The number of amides is 1. The van der Waals surface area contributed by atoms with Crippen LogP contribution in [-0.4, -0.2) is 40.5 Å². The van der Waals surface area contributed by atoms with Crippen LogP contribution >= 0.6 is 0 Å². The molecule has 2 heterocycles. The summed E-state index contributed by atoms with van der Waals surface area (Å²) in [6.45, 7) is 3.87. The molecule has 1 aliphatic heterocycles. The summed E-state index contributed by atoms with van der Waals surface area (Å²) in [6.07, 6.45) is 3.36. The lowest BCUT2D eigenvalue weighted by Crippen LogP contribution is -2.32. The highest BCUT2D eigenvalue weighted by molar-refractivity contribution is 5.98. The summed E-state index contributed by atoms with van der Waals surface area (Å²) in [5, 5.41) is 0. The van der Waals surface area contributed by atoms with Gasteiger partial charge in [0.05, 0.1) is 25.3 Å². The number of rotatable bonds is 5. The van der Waals surface area contributed by atoms with Gasteiger partial charge in [-0.15, -0.1) is 0 Å². The van der Waals surface area contributed by atoms with Crippen molar-refractivity contribution in [3.05, 3.63) is 72.3 Å². The van der Waals surface area contributed by atoms with E-state index in [-0.39, 0.29) is 5.91 Å². The Morgan fingerprint density at radius 1 is 1.07 bits per heavy atom. The van der Waals surface area contributed by atoms with E-state index in [1.165, 1.54) is 0 Å². The van der Waals surface area contributed by atoms with Crippen LogP contribution in [0.5, 0.6) is 11.5 Å². The zero-order valence-corrected chi connectivity index (χ0v) is 15.7. The number of benzene rings is 2. The van der Waals surface area contributed by atoms with Gasteiger partial charge < -0.3 is 14.4 Å². The molecule has 1 aromatic heterocycles. The van der Waals surface area contributed by atoms with Crippen LogP contribution in [-0.2, 0) is 6.54 Å². The van der Waals surface area contributed by atoms with Crippen LogP contribution in [0.25, 0.3) is 11.1 Å². The molecule has 1 amide bonds. The van der Waals surface area contributed by atoms with E-state index in [0.717, 1.165) is 16.9 Å². The molecule has 0 saturated heterocycles. The Labute approximate surface area is 163 Å². The van der Waals surface area contributed by atoms with Crippen LogP contribution in [0.1, 0.15) is 23.1 Å². The largest absolute Gasteiger partial charge is 0.494 e. The summed E-state index contributed by atoms with van der Waals surface area (Å²) in [4.78, 5) is 23.3. The van der Waals surface area contributed by atoms with Crippen LogP contribution in [0.3, 0.4) is 0 Å². The van der Waals surface area contributed by atoms with Gasteiger partial charge in [-0.25, -0.2) is 9.97 Å². The van der Waals surface area contributed by atoms with Gasteiger partial charge in [0.15, 0.2) is 0 Å². The Bertz CT molecular complexity index is 959. The van der Waals surface area contributed by atoms with E-state index in [4.69, 9.17) is 9.47 Å². The molecule has 2 aromatic carbocycles. The van der Waals surface area contributed by atoms with E-state index in [0.29, 0.717) is 43.4 Å². The third-order valence-electron chi connectivity index (χ3n) is 4.57. The van der Waals surface area contributed by atoms with Gasteiger partial charge >= 0.3 is 0 Å². The van der Waals surface area contributed by atoms with E-state index >= 15 is 0 Å². The first-order chi connectivity index (χ1) is 13.7. The quantitative estimate of drug-likeness (QED) is 0.682. The van der Waals surface area contributed by atoms with Crippen molar-refractivity contribution in [1.82, 2.24) is 14.9 Å². The molecule has 0 atom stereocenters. The van der Waals surface area contributed by atoms with Crippen LogP contribution in [0, 0.1) is 0 Å². The second-order valence-electron chi connectivity index (χ2n) is 6.41. The second-order valence-corrected chi connectivity index (χ2v) is 6.41. The van der Waals surface area contributed by atoms with Crippen molar-refractivity contribution in [2.24, 2.45) is 0 Å². The third-order valence-corrected chi connectivity index (χ3v) is 4.57. The molecule has 28 heavy (non-hydrogen) atoms. The van der Waals surface area contributed by atoms with Crippen molar-refractivity contribution in [2.75, 3.05) is 19.8 Å². The van der Waals surface area contributed by atoms with Crippen molar-refractivity contribution >= 4 is 5.91 Å². The molecule has 0 aliphatic carbocycles. The van der Waals surface area contributed by atoms with Gasteiger partial charge in [0.25, 0.3) is 5.91 Å². The van der Waals surface area contributed by atoms with E-state index in [1.807, 2.05) is 49.4 Å². The number of hydrogen-bond donors (Lipinski definition) is 0. The predicted molar refractivity (Wildman–Crippen MR) is 105 cm³/mol. The first-order valence-corrected chi connectivity index (χ1v) is 9.30. The van der Waals surface area contributed by atoms with Crippen LogP contribution in [0.15, 0.2) is 60.9 Å². The molecule has 0 N–H and O–H groups in total. The van der Waals surface area contributed by atoms with E-state index in [9.17, 15) is 4.79 Å². The van der Waals surface area contributed by atoms with Crippen LogP contribution in [0.4, 0.5) is 0 Å². The van der Waals surface area contributed by atoms with Gasteiger partial charge in [-0.2, -0.15) is 0 Å². The zero-order chi connectivity index (χ0) is 19.3. The molecule has 0 saturated carbocycles. The highest BCUT2D eigenvalue weighted by Gasteiger charge is 2.24. The lowest BCUT2D eigenvalue weighted by atomic mass is 10.0. The fourth-order valence-corrected chi connectivity index (χ4v) is 3.18. The van der Waals surface area contributed by atoms with Gasteiger partial charge in [0, 0.05) is 12.4 Å². The smallest absolute Gasteiger partial charge is 0.258 e. The molecular weight excluding hydrogens is 354 g/mol. The minimum absolute atomic E-state index is 0.0762. The van der Waals surface area contributed by atoms with E-state index in [1.54, 1.807) is 23.4 Å². The number of ether oxygens (including phenoxy) is 2. The van der Waals surface area contributed by atoms with Crippen LogP contribution in [0.2, 0.25) is 0 Å². The zero-order valence-electron chi connectivity index (χ0n) is 15.7. The standard InChI is InChI=1S/C22H21N3O3/c1-2-27-18-7-4-16(5-8-18)17-6-9-20-19(14-17)22(26)25(12-13-28-20)15-21-23-10-3-11-24-21/h3-11,14H,2,12-13,15H2,1H3. The van der Waals surface area contributed by atoms with Crippen molar-refractivity contribution in [1.29, 1.82) is 0 Å². The summed E-state index contributed by atoms with van der Waals surface area (Å²) in [5.41, 5.74) is 2.53. The van der Waals surface area contributed by atoms with Gasteiger partial charge in [-0.3, -0.25) is 4.79 Å². The van der Waals surface area contributed by atoms with Crippen molar-refractivity contribution in [3.63, 3.8) is 0 Å². The highest BCUT2D eigenvalue weighted by atomic mass is 16.5. The first kappa shape index (κ1) is 18.0. The van der Waals surface area contributed by atoms with E-state index < -0.39 is 0 Å². The summed E-state index contributed by atoms with van der Waals surface area (Å²) in [6, 6.07) is 15.3. The first-order valence-electron chi connectivity index (χ1n) is 9.30. The average Bonchev–Trinajstić information content (AvgIpc) is 2.88. The summed E-state index contributed by atoms with van der Waals surface area (Å²) < 4.78 is 11.3. The molecule has 1 aliphatic rings. The number of carbonyl (C=O) groups is 1. The van der Waals surface area contributed by atoms with Gasteiger partial charge in [0.2, 0.25) is 0 Å². The maximum absolute atomic E-state index is 13.1. The molecule has 142 valence electrons. The molecule has 4 rings (SSSR count). The maximum atomic E-state index is 13.1. The predicted octanol–water partition coefficient (Wildman–Crippen LogP) is 3.58. The van der Waals surface area contributed by atoms with Crippen molar-refractivity contribution in [3.8, 4) is 22.6 Å². The minimum atomic E-state index is -0.0762. The van der Waals surface area contributed by atoms with Crippen molar-refractivity contribution < 1.29 is 14.3 Å². The monoisotopic (exact) mass is 375 g/mol. The molecule has 0 spiro atoms. The minimum Gasteiger partial charge on any atom is -0.494 e. The number of nitrogens with zero attached hydrogens (tertiary/aromatic N) is 3. The molecule has 0 unspecified atom stereocenters. The van der Waals surface area contributed by atoms with E-state index in [2.05, 4.69) is 9.97 Å². The van der Waals surface area contributed by atoms with Crippen LogP contribution < -0.4 is 9.47 Å². The number of hydrogen-bond acceptors (Lipinski definition) is 5. The number of carbonyl (C=O) groups excluding carboxylic acids is 1. The Balaban J connectivity index is 1.61. The average molecular weight is 375 g/mol. The van der Waals surface area contributed by atoms with Gasteiger partial charge in [0.1, 0.15) is 23.9 Å². The molecule has 0 fully saturated rings. The maximum Gasteiger partial charge on any atom is 0.258 e. The SMILES string of the molecule is CCOc1ccc(-c2ccc3c(c2)C(=O)N(Cc2ncccn2)CCO3)cc1. The highest BCUT2D eigenvalue weighted by Crippen LogP contribution is 2.30. The Morgan fingerprint density at radius 2 is 1.82 bits per heavy atom. The summed E-state index contributed by atoms with van der Waals surface area (Å²) in [5.74, 6) is 1.97. The molecular formula is C22H21N3O3. The number of aromatic nitrogens is 2. The molecule has 0 bridgehead atoms. The fourth-order valence-electron chi connectivity index (χ4n) is 3.18. The fraction of sp³-hybridized carbons (Fsp3) is 0.227. The van der Waals surface area contributed by atoms with Gasteiger partial charge in [-0.05, 0) is 48.4 Å². The second kappa shape index (κ2) is 8.08. The Hall–Kier alpha value is -3.41. The Kier molecular flexibility index (Phi) is 5.19. The topological polar surface area (TPSA) is 64.5 Å². The normalized spacial score (nSPS) is 13.5. The summed E-state index contributed by atoms with van der Waals surface area (Å²) >= 11 is 0. The number of fused-ring (bicyclic) bond motifs is 1. The van der Waals surface area contributed by atoms with Crippen molar-refractivity contribution in [2.45, 2.75) is 13.5 Å². The lowest BCUT2D eigenvalue weighted by Gasteiger charge is -2.19. The van der Waals surface area contributed by atoms with Gasteiger partial charge in [-0.1, -0.05) is 18.2 Å². The molecule has 6 nitrogen and oxygen atoms in total. The summed E-state index contributed by atoms with van der Waals surface area (Å²) in [7, 11) is 0.